The number of rotatable bonds is 6. The van der Waals surface area contributed by atoms with Gasteiger partial charge in [0, 0.05) is 15.8 Å². The molecule has 0 saturated carbocycles. The van der Waals surface area contributed by atoms with E-state index in [1.807, 2.05) is 24.3 Å². The lowest BCUT2D eigenvalue weighted by Crippen LogP contribution is -2.22. The Morgan fingerprint density at radius 1 is 1.00 bits per heavy atom. The number of nitrogens with one attached hydrogen (secondary N) is 2. The monoisotopic (exact) mass is 360 g/mol. The van der Waals surface area contributed by atoms with Gasteiger partial charge in [0.15, 0.2) is 0 Å². The molecule has 2 N–H and O–H groups in total. The predicted molar refractivity (Wildman–Crippen MR) is 96.5 cm³/mol. The number of benzene rings is 2. The second-order valence-corrected chi connectivity index (χ2v) is 5.98. The Morgan fingerprint density at radius 3 is 2.14 bits per heavy atom. The highest BCUT2D eigenvalue weighted by atomic mass is 79.9. The average Bonchev–Trinajstić information content (AvgIpc) is 2.54. The van der Waals surface area contributed by atoms with Crippen LogP contribution in [-0.4, -0.2) is 12.5 Å². The van der Waals surface area contributed by atoms with Crippen molar-refractivity contribution >= 4 is 33.2 Å². The van der Waals surface area contributed by atoms with Crippen molar-refractivity contribution in [2.75, 3.05) is 17.2 Å². The van der Waals surface area contributed by atoms with E-state index in [1.165, 1.54) is 11.1 Å². The first-order valence-electron chi connectivity index (χ1n) is 7.54. The largest absolute Gasteiger partial charge is 0.376 e. The van der Waals surface area contributed by atoms with E-state index < -0.39 is 0 Å². The van der Waals surface area contributed by atoms with Gasteiger partial charge in [-0.2, -0.15) is 0 Å². The molecular formula is C18H21BrN2O. The summed E-state index contributed by atoms with van der Waals surface area (Å²) in [5, 5.41) is 6.19. The van der Waals surface area contributed by atoms with E-state index in [9.17, 15) is 4.79 Å². The summed E-state index contributed by atoms with van der Waals surface area (Å²) in [6.07, 6.45) is 1.90. The third kappa shape index (κ3) is 4.34. The van der Waals surface area contributed by atoms with E-state index in [2.05, 4.69) is 58.6 Å². The topological polar surface area (TPSA) is 41.1 Å². The minimum Gasteiger partial charge on any atom is -0.376 e. The second-order valence-electron chi connectivity index (χ2n) is 5.07. The Morgan fingerprint density at radius 2 is 1.59 bits per heavy atom. The molecule has 2 aromatic carbocycles. The van der Waals surface area contributed by atoms with Gasteiger partial charge >= 0.3 is 0 Å². The summed E-state index contributed by atoms with van der Waals surface area (Å²) in [7, 11) is 0. The fourth-order valence-electron chi connectivity index (χ4n) is 2.38. The first-order chi connectivity index (χ1) is 10.6. The number of aryl methyl sites for hydroxylation is 2. The minimum atomic E-state index is -0.0460. The molecule has 22 heavy (non-hydrogen) atoms. The molecule has 0 unspecified atom stereocenters. The first kappa shape index (κ1) is 16.6. The van der Waals surface area contributed by atoms with Crippen LogP contribution in [0.3, 0.4) is 0 Å². The number of halogens is 1. The van der Waals surface area contributed by atoms with Crippen molar-refractivity contribution in [2.24, 2.45) is 0 Å². The van der Waals surface area contributed by atoms with Crippen LogP contribution < -0.4 is 10.6 Å². The van der Waals surface area contributed by atoms with Crippen molar-refractivity contribution < 1.29 is 4.79 Å². The fraction of sp³-hybridized carbons (Fsp3) is 0.278. The van der Waals surface area contributed by atoms with Crippen molar-refractivity contribution in [3.8, 4) is 0 Å². The summed E-state index contributed by atoms with van der Waals surface area (Å²) in [5.41, 5.74) is 4.39. The van der Waals surface area contributed by atoms with E-state index in [0.29, 0.717) is 0 Å². The molecule has 1 amide bonds. The van der Waals surface area contributed by atoms with Gasteiger partial charge in [0.2, 0.25) is 5.91 Å². The second kappa shape index (κ2) is 7.99. The molecule has 0 aliphatic heterocycles. The Labute approximate surface area is 140 Å². The molecule has 0 heterocycles. The first-order valence-corrected chi connectivity index (χ1v) is 8.33. The summed E-state index contributed by atoms with van der Waals surface area (Å²) >= 11 is 3.38. The summed E-state index contributed by atoms with van der Waals surface area (Å²) in [4.78, 5) is 12.1. The molecule has 0 saturated heterocycles. The van der Waals surface area contributed by atoms with Crippen LogP contribution in [0.1, 0.15) is 25.0 Å². The molecule has 0 spiro atoms. The molecule has 116 valence electrons. The predicted octanol–water partition coefficient (Wildman–Crippen LogP) is 4.62. The molecular weight excluding hydrogens is 340 g/mol. The molecule has 0 radical (unpaired) electrons. The van der Waals surface area contributed by atoms with Crippen molar-refractivity contribution in [2.45, 2.75) is 26.7 Å². The van der Waals surface area contributed by atoms with E-state index in [4.69, 9.17) is 0 Å². The third-order valence-corrected chi connectivity index (χ3v) is 4.08. The summed E-state index contributed by atoms with van der Waals surface area (Å²) in [6.45, 7) is 4.52. The van der Waals surface area contributed by atoms with Gasteiger partial charge < -0.3 is 10.6 Å². The van der Waals surface area contributed by atoms with Gasteiger partial charge in [0.05, 0.1) is 6.54 Å². The van der Waals surface area contributed by atoms with Gasteiger partial charge in [0.25, 0.3) is 0 Å². The molecule has 2 aromatic rings. The minimum absolute atomic E-state index is 0.0460. The van der Waals surface area contributed by atoms with Crippen LogP contribution in [0.5, 0.6) is 0 Å². The molecule has 3 nitrogen and oxygen atoms in total. The van der Waals surface area contributed by atoms with Crippen LogP contribution in [0, 0.1) is 0 Å². The highest BCUT2D eigenvalue weighted by Gasteiger charge is 2.08. The van der Waals surface area contributed by atoms with Crippen LogP contribution in [0.15, 0.2) is 46.9 Å². The molecule has 0 aliphatic rings. The third-order valence-electron chi connectivity index (χ3n) is 3.55. The quantitative estimate of drug-likeness (QED) is 0.788. The lowest BCUT2D eigenvalue weighted by molar-refractivity contribution is -0.114. The smallest absolute Gasteiger partial charge is 0.243 e. The maximum atomic E-state index is 12.1. The van der Waals surface area contributed by atoms with Gasteiger partial charge in [-0.25, -0.2) is 0 Å². The maximum absolute atomic E-state index is 12.1. The van der Waals surface area contributed by atoms with Crippen LogP contribution >= 0.6 is 15.9 Å². The van der Waals surface area contributed by atoms with Crippen LogP contribution in [-0.2, 0) is 17.6 Å². The SMILES string of the molecule is CCc1cccc(CC)c1NCC(=O)Nc1ccc(Br)cc1. The Hall–Kier alpha value is -1.81. The van der Waals surface area contributed by atoms with Gasteiger partial charge in [-0.1, -0.05) is 48.0 Å². The van der Waals surface area contributed by atoms with Crippen LogP contribution in [0.25, 0.3) is 0 Å². The van der Waals surface area contributed by atoms with Gasteiger partial charge in [-0.15, -0.1) is 0 Å². The van der Waals surface area contributed by atoms with Crippen molar-refractivity contribution in [1.29, 1.82) is 0 Å². The molecule has 0 aliphatic carbocycles. The van der Waals surface area contributed by atoms with Crippen LogP contribution in [0.4, 0.5) is 11.4 Å². The van der Waals surface area contributed by atoms with E-state index in [-0.39, 0.29) is 12.5 Å². The highest BCUT2D eigenvalue weighted by molar-refractivity contribution is 9.10. The summed E-state index contributed by atoms with van der Waals surface area (Å²) in [6, 6.07) is 13.8. The normalized spacial score (nSPS) is 10.3. The van der Waals surface area contributed by atoms with E-state index in [0.717, 1.165) is 28.7 Å². The van der Waals surface area contributed by atoms with Crippen molar-refractivity contribution in [3.05, 3.63) is 58.1 Å². The zero-order chi connectivity index (χ0) is 15.9. The molecule has 0 fully saturated rings. The summed E-state index contributed by atoms with van der Waals surface area (Å²) in [5.74, 6) is -0.0460. The average molecular weight is 361 g/mol. The fourth-order valence-corrected chi connectivity index (χ4v) is 2.64. The number of para-hydroxylation sites is 1. The van der Waals surface area contributed by atoms with E-state index >= 15 is 0 Å². The van der Waals surface area contributed by atoms with E-state index in [1.54, 1.807) is 0 Å². The molecule has 0 aromatic heterocycles. The summed E-state index contributed by atoms with van der Waals surface area (Å²) < 4.78 is 0.994. The molecule has 2 rings (SSSR count). The number of anilines is 2. The van der Waals surface area contributed by atoms with Crippen molar-refractivity contribution in [3.63, 3.8) is 0 Å². The maximum Gasteiger partial charge on any atom is 0.243 e. The molecule has 0 atom stereocenters. The Bertz CT molecular complexity index is 616. The number of carbonyl (C=O) groups is 1. The van der Waals surface area contributed by atoms with Crippen molar-refractivity contribution in [1.82, 2.24) is 0 Å². The Balaban J connectivity index is 2.00. The molecule has 0 bridgehead atoms. The van der Waals surface area contributed by atoms with Gasteiger partial charge in [-0.3, -0.25) is 4.79 Å². The Kier molecular flexibility index (Phi) is 6.01. The lowest BCUT2D eigenvalue weighted by atomic mass is 10.0. The standard InChI is InChI=1S/C18H21BrN2O/c1-3-13-6-5-7-14(4-2)18(13)20-12-17(22)21-16-10-8-15(19)9-11-16/h5-11,20H,3-4,12H2,1-2H3,(H,21,22). The van der Waals surface area contributed by atoms with Gasteiger partial charge in [-0.05, 0) is 48.2 Å². The number of carbonyl (C=O) groups excluding carboxylic acids is 1. The molecule has 4 heteroatoms. The number of amides is 1. The zero-order valence-electron chi connectivity index (χ0n) is 12.9. The van der Waals surface area contributed by atoms with Gasteiger partial charge in [0.1, 0.15) is 0 Å². The lowest BCUT2D eigenvalue weighted by Gasteiger charge is -2.15. The number of hydrogen-bond acceptors (Lipinski definition) is 2. The van der Waals surface area contributed by atoms with Crippen LogP contribution in [0.2, 0.25) is 0 Å². The zero-order valence-corrected chi connectivity index (χ0v) is 14.5. The highest BCUT2D eigenvalue weighted by Crippen LogP contribution is 2.22. The number of hydrogen-bond donors (Lipinski definition) is 2.